The summed E-state index contributed by atoms with van der Waals surface area (Å²) in [5, 5.41) is 1.12. The lowest BCUT2D eigenvalue weighted by Gasteiger charge is -2.34. The zero-order valence-electron chi connectivity index (χ0n) is 10.5. The smallest absolute Gasteiger partial charge is 0.0745 e. The molecule has 1 fully saturated rings. The first-order chi connectivity index (χ1) is 8.75. The zero-order chi connectivity index (χ0) is 12.5. The number of para-hydroxylation sites is 1. The van der Waals surface area contributed by atoms with Crippen LogP contribution in [0.5, 0.6) is 0 Å². The van der Waals surface area contributed by atoms with E-state index in [-0.39, 0.29) is 6.10 Å². The molecule has 2 heterocycles. The Balaban J connectivity index is 2.12. The van der Waals surface area contributed by atoms with Crippen LogP contribution in [0.15, 0.2) is 30.5 Å². The van der Waals surface area contributed by atoms with Crippen LogP contribution < -0.4 is 10.6 Å². The van der Waals surface area contributed by atoms with Crippen molar-refractivity contribution in [3.8, 4) is 0 Å². The molecule has 1 unspecified atom stereocenters. The number of aromatic nitrogens is 1. The highest BCUT2D eigenvalue weighted by Gasteiger charge is 2.20. The molecule has 0 aliphatic carbocycles. The van der Waals surface area contributed by atoms with Crippen LogP contribution in [-0.4, -0.2) is 30.8 Å². The minimum atomic E-state index is 0.241. The van der Waals surface area contributed by atoms with Gasteiger partial charge in [0.15, 0.2) is 0 Å². The Bertz CT molecular complexity index is 570. The molecule has 0 spiro atoms. The molecule has 1 aromatic carbocycles. The number of rotatable bonds is 1. The summed E-state index contributed by atoms with van der Waals surface area (Å²) in [5.41, 5.74) is 8.94. The summed E-state index contributed by atoms with van der Waals surface area (Å²) in [5.74, 6) is 0. The second-order valence-corrected chi connectivity index (χ2v) is 4.71. The molecule has 4 heteroatoms. The van der Waals surface area contributed by atoms with Crippen LogP contribution in [0.25, 0.3) is 10.9 Å². The van der Waals surface area contributed by atoms with Gasteiger partial charge in [-0.3, -0.25) is 4.98 Å². The van der Waals surface area contributed by atoms with E-state index in [0.29, 0.717) is 0 Å². The van der Waals surface area contributed by atoms with Gasteiger partial charge in [-0.1, -0.05) is 18.2 Å². The van der Waals surface area contributed by atoms with Crippen molar-refractivity contribution in [2.75, 3.05) is 30.3 Å². The average molecular weight is 243 g/mol. The van der Waals surface area contributed by atoms with E-state index >= 15 is 0 Å². The number of hydrogen-bond donors (Lipinski definition) is 1. The van der Waals surface area contributed by atoms with Crippen molar-refractivity contribution in [1.82, 2.24) is 4.98 Å². The van der Waals surface area contributed by atoms with Gasteiger partial charge in [-0.15, -0.1) is 0 Å². The highest BCUT2D eigenvalue weighted by Crippen LogP contribution is 2.32. The lowest BCUT2D eigenvalue weighted by molar-refractivity contribution is 0.0534. The van der Waals surface area contributed by atoms with Crippen molar-refractivity contribution in [2.24, 2.45) is 0 Å². The molecule has 94 valence electrons. The molecule has 2 aromatic rings. The monoisotopic (exact) mass is 243 g/mol. The molecule has 2 N–H and O–H groups in total. The number of nitrogens with zero attached hydrogens (tertiary/aromatic N) is 2. The van der Waals surface area contributed by atoms with Crippen molar-refractivity contribution in [3.63, 3.8) is 0 Å². The van der Waals surface area contributed by atoms with Gasteiger partial charge in [0.25, 0.3) is 0 Å². The highest BCUT2D eigenvalue weighted by molar-refractivity contribution is 5.97. The fraction of sp³-hybridized carbons (Fsp3) is 0.357. The Morgan fingerprint density at radius 3 is 3.06 bits per heavy atom. The second kappa shape index (κ2) is 4.46. The number of benzene rings is 1. The van der Waals surface area contributed by atoms with Gasteiger partial charge in [-0.2, -0.15) is 0 Å². The molecule has 1 aliphatic rings. The molecule has 0 amide bonds. The van der Waals surface area contributed by atoms with Gasteiger partial charge >= 0.3 is 0 Å². The number of hydrogen-bond acceptors (Lipinski definition) is 4. The summed E-state index contributed by atoms with van der Waals surface area (Å²) >= 11 is 0. The van der Waals surface area contributed by atoms with Crippen LogP contribution >= 0.6 is 0 Å². The minimum absolute atomic E-state index is 0.241. The number of nitrogen functional groups attached to an aromatic ring is 1. The SMILES string of the molecule is CC1CN(c2c(N)cnc3ccccc23)CCO1. The van der Waals surface area contributed by atoms with E-state index in [2.05, 4.69) is 22.9 Å². The maximum atomic E-state index is 6.12. The summed E-state index contributed by atoms with van der Waals surface area (Å²) in [6.45, 7) is 4.59. The van der Waals surface area contributed by atoms with Crippen LogP contribution in [0.1, 0.15) is 6.92 Å². The van der Waals surface area contributed by atoms with E-state index in [1.54, 1.807) is 6.20 Å². The van der Waals surface area contributed by atoms with Crippen LogP contribution in [0, 0.1) is 0 Å². The standard InChI is InChI=1S/C14H17N3O/c1-10-9-17(6-7-18-10)14-11-4-2-3-5-13(11)16-8-12(14)15/h2-5,8,10H,6-7,9,15H2,1H3. The fourth-order valence-corrected chi connectivity index (χ4v) is 2.52. The first-order valence-electron chi connectivity index (χ1n) is 6.25. The van der Waals surface area contributed by atoms with E-state index in [1.807, 2.05) is 18.2 Å². The quantitative estimate of drug-likeness (QED) is 0.832. The van der Waals surface area contributed by atoms with Crippen LogP contribution in [0.3, 0.4) is 0 Å². The van der Waals surface area contributed by atoms with Gasteiger partial charge in [0, 0.05) is 18.5 Å². The molecule has 18 heavy (non-hydrogen) atoms. The van der Waals surface area contributed by atoms with Crippen molar-refractivity contribution >= 4 is 22.3 Å². The molecule has 0 radical (unpaired) electrons. The number of nitrogens with two attached hydrogens (primary N) is 1. The lowest BCUT2D eigenvalue weighted by atomic mass is 10.1. The molecule has 3 rings (SSSR count). The van der Waals surface area contributed by atoms with Gasteiger partial charge in [0.1, 0.15) is 0 Å². The van der Waals surface area contributed by atoms with Gasteiger partial charge in [0.05, 0.1) is 35.8 Å². The Hall–Kier alpha value is -1.81. The van der Waals surface area contributed by atoms with Gasteiger partial charge in [-0.05, 0) is 13.0 Å². The summed E-state index contributed by atoms with van der Waals surface area (Å²) < 4.78 is 5.58. The first kappa shape index (κ1) is 11.3. The average Bonchev–Trinajstić information content (AvgIpc) is 2.38. The number of morpholine rings is 1. The number of anilines is 2. The molecule has 0 saturated carbocycles. The first-order valence-corrected chi connectivity index (χ1v) is 6.25. The van der Waals surface area contributed by atoms with E-state index < -0.39 is 0 Å². The second-order valence-electron chi connectivity index (χ2n) is 4.71. The van der Waals surface area contributed by atoms with Crippen molar-refractivity contribution in [3.05, 3.63) is 30.5 Å². The highest BCUT2D eigenvalue weighted by atomic mass is 16.5. The fourth-order valence-electron chi connectivity index (χ4n) is 2.52. The third kappa shape index (κ3) is 1.88. The minimum Gasteiger partial charge on any atom is -0.396 e. The van der Waals surface area contributed by atoms with E-state index in [0.717, 1.165) is 42.0 Å². The molecule has 1 saturated heterocycles. The van der Waals surface area contributed by atoms with Crippen LogP contribution in [-0.2, 0) is 4.74 Å². The normalized spacial score (nSPS) is 20.3. The Labute approximate surface area is 106 Å². The van der Waals surface area contributed by atoms with E-state index in [9.17, 15) is 0 Å². The van der Waals surface area contributed by atoms with Gasteiger partial charge < -0.3 is 15.4 Å². The maximum absolute atomic E-state index is 6.12. The third-order valence-corrected chi connectivity index (χ3v) is 3.33. The zero-order valence-corrected chi connectivity index (χ0v) is 10.5. The molecule has 0 bridgehead atoms. The molecular formula is C14H17N3O. The lowest BCUT2D eigenvalue weighted by Crippen LogP contribution is -2.41. The van der Waals surface area contributed by atoms with Crippen LogP contribution in [0.2, 0.25) is 0 Å². The topological polar surface area (TPSA) is 51.4 Å². The molecule has 1 aromatic heterocycles. The summed E-state index contributed by atoms with van der Waals surface area (Å²) in [6, 6.07) is 8.12. The molecule has 4 nitrogen and oxygen atoms in total. The predicted octanol–water partition coefficient (Wildman–Crippen LogP) is 2.04. The number of pyridine rings is 1. The predicted molar refractivity (Wildman–Crippen MR) is 73.8 cm³/mol. The van der Waals surface area contributed by atoms with Crippen LogP contribution in [0.4, 0.5) is 11.4 Å². The maximum Gasteiger partial charge on any atom is 0.0745 e. The summed E-state index contributed by atoms with van der Waals surface area (Å²) in [6.07, 6.45) is 1.99. The Morgan fingerprint density at radius 1 is 1.39 bits per heavy atom. The van der Waals surface area contributed by atoms with Crippen molar-refractivity contribution < 1.29 is 4.74 Å². The van der Waals surface area contributed by atoms with Crippen molar-refractivity contribution in [1.29, 1.82) is 0 Å². The van der Waals surface area contributed by atoms with Gasteiger partial charge in [-0.25, -0.2) is 0 Å². The molecular weight excluding hydrogens is 226 g/mol. The largest absolute Gasteiger partial charge is 0.396 e. The summed E-state index contributed by atoms with van der Waals surface area (Å²) in [7, 11) is 0. The molecule has 1 atom stereocenters. The number of ether oxygens (including phenoxy) is 1. The summed E-state index contributed by atoms with van der Waals surface area (Å²) in [4.78, 5) is 6.67. The molecule has 1 aliphatic heterocycles. The Kier molecular flexibility index (Phi) is 2.80. The third-order valence-electron chi connectivity index (χ3n) is 3.33. The van der Waals surface area contributed by atoms with Gasteiger partial charge in [0.2, 0.25) is 0 Å². The van der Waals surface area contributed by atoms with E-state index in [4.69, 9.17) is 10.5 Å². The van der Waals surface area contributed by atoms with E-state index in [1.165, 1.54) is 0 Å². The van der Waals surface area contributed by atoms with Crippen molar-refractivity contribution in [2.45, 2.75) is 13.0 Å². The Morgan fingerprint density at radius 2 is 2.22 bits per heavy atom. The number of fused-ring (bicyclic) bond motifs is 1.